The number of hydrogen-bond donors (Lipinski definition) is 3. The second kappa shape index (κ2) is 17.5. The molecule has 0 aromatic heterocycles. The van der Waals surface area contributed by atoms with Gasteiger partial charge in [-0.2, -0.15) is 36.9 Å². The first-order chi connectivity index (χ1) is 28.1. The Kier molecular flexibility index (Phi) is 14.2. The molecule has 0 unspecified atom stereocenters. The quantitative estimate of drug-likeness (QED) is 0.103. The molecule has 338 valence electrons. The fraction of sp³-hybridized carbons (Fsp3) is 0.595. The van der Waals surface area contributed by atoms with Crippen LogP contribution in [-0.4, -0.2) is 76.2 Å². The molecule has 3 atom stereocenters. The van der Waals surface area contributed by atoms with Crippen molar-refractivity contribution >= 4 is 46.0 Å². The minimum Gasteiger partial charge on any atom is -0.399 e. The number of nitrogens with two attached hydrogens (primary N) is 1. The Bertz CT molecular complexity index is 2060. The summed E-state index contributed by atoms with van der Waals surface area (Å²) in [5.41, 5.74) is -4.86. The normalized spacial score (nSPS) is 20.8. The summed E-state index contributed by atoms with van der Waals surface area (Å²) < 4.78 is 125. The highest BCUT2D eigenvalue weighted by Crippen LogP contribution is 2.47. The van der Waals surface area contributed by atoms with E-state index in [2.05, 4.69) is 31.6 Å². The molecule has 2 aromatic carbocycles. The molecule has 62 heavy (non-hydrogen) atoms. The molecule has 3 aliphatic rings. The van der Waals surface area contributed by atoms with E-state index in [1.807, 2.05) is 39.8 Å². The van der Waals surface area contributed by atoms with Crippen LogP contribution in [0.2, 0.25) is 0 Å². The maximum atomic E-state index is 14.4. The Labute approximate surface area is 364 Å². The summed E-state index contributed by atoms with van der Waals surface area (Å²) in [4.78, 5) is 29.2. The molecule has 1 saturated heterocycles. The molecule has 2 aliphatic carbocycles. The van der Waals surface area contributed by atoms with Crippen LogP contribution in [0.15, 0.2) is 58.0 Å². The molecule has 4 N–H and O–H groups in total. The lowest BCUT2D eigenvalue weighted by molar-refractivity contribution is -0.175. The number of hydrogen-bond acceptors (Lipinski definition) is 8. The number of halogens is 9. The van der Waals surface area contributed by atoms with Crippen LogP contribution in [0.1, 0.15) is 117 Å². The van der Waals surface area contributed by atoms with Crippen molar-refractivity contribution in [3.8, 4) is 12.1 Å². The number of aliphatic imine (C=N–C) groups is 1. The van der Waals surface area contributed by atoms with Crippen molar-refractivity contribution in [3.63, 3.8) is 0 Å². The van der Waals surface area contributed by atoms with E-state index in [9.17, 15) is 50.0 Å². The Hall–Kier alpha value is -4.11. The lowest BCUT2D eigenvalue weighted by atomic mass is 9.73. The van der Waals surface area contributed by atoms with Gasteiger partial charge in [-0.1, -0.05) is 52.3 Å². The van der Waals surface area contributed by atoms with E-state index in [0.29, 0.717) is 35.6 Å². The third-order valence-electron chi connectivity index (χ3n) is 11.0. The van der Waals surface area contributed by atoms with E-state index in [0.717, 1.165) is 27.7 Å². The number of carbonyl (C=O) groups excluding carboxylic acids is 2. The zero-order chi connectivity index (χ0) is 47.1. The van der Waals surface area contributed by atoms with Crippen LogP contribution < -0.4 is 21.8 Å². The number of benzene rings is 2. The van der Waals surface area contributed by atoms with Gasteiger partial charge in [-0.05, 0) is 110 Å². The molecular weight excluding hydrogens is 895 g/mol. The van der Waals surface area contributed by atoms with Crippen LogP contribution in [0, 0.1) is 22.7 Å². The largest absolute Gasteiger partial charge is 0.494 e. The summed E-state index contributed by atoms with van der Waals surface area (Å²) in [6.45, 7) is 11.9. The van der Waals surface area contributed by atoms with Crippen LogP contribution in [0.3, 0.4) is 0 Å². The predicted molar refractivity (Wildman–Crippen MR) is 219 cm³/mol. The van der Waals surface area contributed by atoms with Gasteiger partial charge in [-0.25, -0.2) is 8.78 Å². The highest BCUT2D eigenvalue weighted by atomic mass is 79.9. The van der Waals surface area contributed by atoms with Gasteiger partial charge < -0.3 is 25.7 Å². The molecule has 10 nitrogen and oxygen atoms in total. The van der Waals surface area contributed by atoms with E-state index in [1.54, 1.807) is 0 Å². The number of nitrogens with one attached hydrogen (secondary N) is 2. The zero-order valence-corrected chi connectivity index (χ0v) is 37.1. The Balaban J connectivity index is 0.000000282. The van der Waals surface area contributed by atoms with Crippen molar-refractivity contribution in [2.45, 2.75) is 157 Å². The summed E-state index contributed by atoms with van der Waals surface area (Å²) in [5.74, 6) is -4.60. The first kappa shape index (κ1) is 50.5. The van der Waals surface area contributed by atoms with Gasteiger partial charge in [0.05, 0.1) is 23.3 Å². The molecule has 2 amide bonds. The van der Waals surface area contributed by atoms with Crippen LogP contribution in [0.5, 0.6) is 0 Å². The SMILES string of the molecule is CC(C)(F)CC(=N[C@@H](c1ccc(B2OC(C)(C)C(C)(C)O2)cc1)C(F)(F)F)C(=O)NC1(C#N)CC1.CC(C)(F)C[C@](N)(C(=O)NC1(C#N)CC1)[C@H](c1ccc(Br)cc1)C(F)(F)F. The van der Waals surface area contributed by atoms with Crippen molar-refractivity contribution in [1.29, 1.82) is 10.5 Å². The fourth-order valence-electron chi connectivity index (χ4n) is 6.74. The smallest absolute Gasteiger partial charge is 0.399 e. The number of nitriles is 2. The van der Waals surface area contributed by atoms with Crippen LogP contribution in [0.25, 0.3) is 0 Å². The first-order valence-electron chi connectivity index (χ1n) is 19.7. The minimum absolute atomic E-state index is 0.221. The van der Waals surface area contributed by atoms with Crippen molar-refractivity contribution in [1.82, 2.24) is 10.6 Å². The Morgan fingerprint density at radius 2 is 1.23 bits per heavy atom. The number of nitrogens with zero attached hydrogens (tertiary/aromatic N) is 3. The van der Waals surface area contributed by atoms with Gasteiger partial charge >= 0.3 is 19.5 Å². The molecule has 0 bridgehead atoms. The second-order valence-corrected chi connectivity index (χ2v) is 19.3. The maximum absolute atomic E-state index is 14.4. The first-order valence-corrected chi connectivity index (χ1v) is 20.5. The molecule has 5 rings (SSSR count). The van der Waals surface area contributed by atoms with Crippen molar-refractivity contribution in [3.05, 3.63) is 64.1 Å². The topological polar surface area (TPSA) is 163 Å². The molecule has 0 spiro atoms. The van der Waals surface area contributed by atoms with E-state index in [1.165, 1.54) is 48.5 Å². The van der Waals surface area contributed by atoms with Gasteiger partial charge in [0.25, 0.3) is 5.91 Å². The van der Waals surface area contributed by atoms with E-state index in [-0.39, 0.29) is 11.1 Å². The summed E-state index contributed by atoms with van der Waals surface area (Å²) in [7, 11) is -0.753. The fourth-order valence-corrected chi connectivity index (χ4v) is 7.00. The summed E-state index contributed by atoms with van der Waals surface area (Å²) >= 11 is 3.14. The van der Waals surface area contributed by atoms with Gasteiger partial charge in [0.2, 0.25) is 5.91 Å². The van der Waals surface area contributed by atoms with Gasteiger partial charge in [0, 0.05) is 17.3 Å². The summed E-state index contributed by atoms with van der Waals surface area (Å²) in [6, 6.07) is 12.0. The number of rotatable bonds is 13. The predicted octanol–water partition coefficient (Wildman–Crippen LogP) is 8.44. The van der Waals surface area contributed by atoms with Crippen molar-refractivity contribution < 1.29 is 54.0 Å². The van der Waals surface area contributed by atoms with Crippen LogP contribution in [0.4, 0.5) is 35.1 Å². The third kappa shape index (κ3) is 12.5. The third-order valence-corrected chi connectivity index (χ3v) is 11.6. The highest BCUT2D eigenvalue weighted by molar-refractivity contribution is 9.10. The molecule has 2 saturated carbocycles. The molecule has 1 aliphatic heterocycles. The van der Waals surface area contributed by atoms with E-state index >= 15 is 0 Å². The molecule has 1 heterocycles. The maximum Gasteiger partial charge on any atom is 0.494 e. The van der Waals surface area contributed by atoms with Crippen molar-refractivity contribution in [2.75, 3.05) is 0 Å². The monoisotopic (exact) mass is 944 g/mol. The summed E-state index contributed by atoms with van der Waals surface area (Å²) in [5, 5.41) is 23.1. The Morgan fingerprint density at radius 1 is 0.774 bits per heavy atom. The highest BCUT2D eigenvalue weighted by Gasteiger charge is 2.60. The number of alkyl halides is 8. The average Bonchev–Trinajstić information content (AvgIpc) is 4.05. The van der Waals surface area contributed by atoms with Gasteiger partial charge in [-0.15, -0.1) is 0 Å². The van der Waals surface area contributed by atoms with Crippen LogP contribution >= 0.6 is 15.9 Å². The average molecular weight is 946 g/mol. The second-order valence-electron chi connectivity index (χ2n) is 18.4. The Morgan fingerprint density at radius 3 is 1.61 bits per heavy atom. The zero-order valence-electron chi connectivity index (χ0n) is 35.5. The summed E-state index contributed by atoms with van der Waals surface area (Å²) in [6.07, 6.45) is -9.86. The van der Waals surface area contributed by atoms with Gasteiger partial charge in [-0.3, -0.25) is 14.6 Å². The lowest BCUT2D eigenvalue weighted by Gasteiger charge is -2.40. The van der Waals surface area contributed by atoms with Crippen LogP contribution in [-0.2, 0) is 18.9 Å². The lowest BCUT2D eigenvalue weighted by Crippen LogP contribution is -2.64. The molecule has 0 radical (unpaired) electrons. The minimum atomic E-state index is -4.91. The molecule has 3 fully saturated rings. The number of carbonyl (C=O) groups is 2. The molecule has 20 heteroatoms. The molecule has 2 aromatic rings. The van der Waals surface area contributed by atoms with E-state index < -0.39 is 101 Å². The van der Waals surface area contributed by atoms with Gasteiger partial charge in [0.1, 0.15) is 39.6 Å². The standard InChI is InChI=1S/C24H30BF4N3O3.C18H20BrF4N3O/c1-20(2,26)13-17(19(33)32-23(14-30)11-12-23)31-18(24(27,28)29)15-7-9-16(10-8-15)25-34-21(3,4)22(5,6)35-25;1-15(2,20)9-17(25,14(27)26-16(10-24)7-8-16)13(18(21,22)23)11-3-5-12(19)6-4-11/h7-10,18H,11-13H2,1-6H3,(H,32,33);3-6,13H,7-9,25H2,1-2H3,(H,26,27)/t18-;13-,17+/m00/s1. The molecular formula is C42H50BBrF8N6O4. The van der Waals surface area contributed by atoms with Gasteiger partial charge in [0.15, 0.2) is 6.04 Å². The van der Waals surface area contributed by atoms with E-state index in [4.69, 9.17) is 20.3 Å². The number of amides is 2. The van der Waals surface area contributed by atoms with Crippen molar-refractivity contribution in [2.24, 2.45) is 10.7 Å².